The highest BCUT2D eigenvalue weighted by Gasteiger charge is 2.28. The number of rotatable bonds is 3. The quantitative estimate of drug-likeness (QED) is 0.423. The summed E-state index contributed by atoms with van der Waals surface area (Å²) in [5.41, 5.74) is 1.36. The minimum atomic E-state index is -0.582. The van der Waals surface area contributed by atoms with E-state index in [0.717, 1.165) is 24.8 Å². The second kappa shape index (κ2) is 5.02. The van der Waals surface area contributed by atoms with Crippen molar-refractivity contribution in [1.82, 2.24) is 0 Å². The molecule has 1 aliphatic rings. The van der Waals surface area contributed by atoms with Gasteiger partial charge in [0, 0.05) is 0 Å². The van der Waals surface area contributed by atoms with Crippen molar-refractivity contribution in [3.05, 3.63) is 11.6 Å². The third kappa shape index (κ3) is 3.53. The summed E-state index contributed by atoms with van der Waals surface area (Å²) in [5, 5.41) is -0.582. The van der Waals surface area contributed by atoms with Crippen LogP contribution in [0.2, 0.25) is 0 Å². The molecule has 0 aliphatic heterocycles. The van der Waals surface area contributed by atoms with Crippen molar-refractivity contribution in [2.45, 2.75) is 45.4 Å². The monoisotopic (exact) mass is 230 g/mol. The second-order valence-electron chi connectivity index (χ2n) is 4.76. The lowest BCUT2D eigenvalue weighted by Gasteiger charge is -2.29. The second-order valence-corrected chi connectivity index (χ2v) is 5.20. The van der Waals surface area contributed by atoms with Gasteiger partial charge >= 0.3 is 5.97 Å². The Morgan fingerprint density at radius 2 is 2.33 bits per heavy atom. The predicted molar refractivity (Wildman–Crippen MR) is 62.0 cm³/mol. The summed E-state index contributed by atoms with van der Waals surface area (Å²) in [6, 6.07) is 0. The van der Waals surface area contributed by atoms with Gasteiger partial charge in [0.1, 0.15) is 0 Å². The van der Waals surface area contributed by atoms with Crippen LogP contribution in [0.4, 0.5) is 0 Å². The van der Waals surface area contributed by atoms with E-state index in [1.807, 2.05) is 0 Å². The number of hydrogen-bond acceptors (Lipinski definition) is 2. The summed E-state index contributed by atoms with van der Waals surface area (Å²) in [6.45, 7) is 6.64. The largest absolute Gasteiger partial charge is 0.465 e. The normalized spacial score (nSPS) is 21.7. The third-order valence-electron chi connectivity index (χ3n) is 2.83. The molecule has 0 spiro atoms. The molecule has 1 aliphatic carbocycles. The lowest BCUT2D eigenvalue weighted by atomic mass is 9.78. The van der Waals surface area contributed by atoms with Crippen molar-refractivity contribution in [3.63, 3.8) is 0 Å². The van der Waals surface area contributed by atoms with Crippen LogP contribution in [0.3, 0.4) is 0 Å². The number of carbonyl (C=O) groups excluding carboxylic acids is 1. The van der Waals surface area contributed by atoms with Gasteiger partial charge in [-0.2, -0.15) is 0 Å². The molecule has 86 valence electrons. The molecule has 0 fully saturated rings. The molecule has 1 unspecified atom stereocenters. The highest BCUT2D eigenvalue weighted by Crippen LogP contribution is 2.36. The Balaban J connectivity index is 2.58. The van der Waals surface area contributed by atoms with Gasteiger partial charge in [-0.15, -0.1) is 11.6 Å². The topological polar surface area (TPSA) is 26.3 Å². The third-order valence-corrected chi connectivity index (χ3v) is 3.28. The molecule has 0 radical (unpaired) electrons. The van der Waals surface area contributed by atoms with Crippen LogP contribution in [-0.4, -0.2) is 18.0 Å². The van der Waals surface area contributed by atoms with Crippen molar-refractivity contribution >= 4 is 17.6 Å². The van der Waals surface area contributed by atoms with Gasteiger partial charge in [0.05, 0.1) is 6.61 Å². The molecule has 0 saturated carbocycles. The number of alkyl halides is 1. The van der Waals surface area contributed by atoms with Crippen molar-refractivity contribution in [1.29, 1.82) is 0 Å². The number of carbonyl (C=O) groups is 1. The number of halogens is 1. The number of allylic oxidation sites excluding steroid dienone is 1. The van der Waals surface area contributed by atoms with Crippen LogP contribution in [0.25, 0.3) is 0 Å². The molecule has 0 aromatic carbocycles. The molecule has 1 atom stereocenters. The lowest BCUT2D eigenvalue weighted by molar-refractivity contribution is -0.141. The van der Waals surface area contributed by atoms with E-state index in [1.54, 1.807) is 6.92 Å². The van der Waals surface area contributed by atoms with Crippen LogP contribution in [0.1, 0.15) is 40.0 Å². The zero-order valence-electron chi connectivity index (χ0n) is 9.68. The Morgan fingerprint density at radius 3 is 2.80 bits per heavy atom. The molecule has 2 nitrogen and oxygen atoms in total. The van der Waals surface area contributed by atoms with Crippen LogP contribution in [0, 0.1) is 5.41 Å². The van der Waals surface area contributed by atoms with Gasteiger partial charge in [-0.05, 0) is 37.2 Å². The van der Waals surface area contributed by atoms with Gasteiger partial charge in [-0.1, -0.05) is 19.9 Å². The van der Waals surface area contributed by atoms with E-state index in [-0.39, 0.29) is 5.97 Å². The van der Waals surface area contributed by atoms with Gasteiger partial charge in [0.25, 0.3) is 0 Å². The standard InChI is InChI=1S/C12H19ClO2/c1-4-15-11(14)10(13)9-5-7-12(2,3)8-6-9/h5,10H,4,6-8H2,1-3H3. The molecule has 0 saturated heterocycles. The molecule has 1 rings (SSSR count). The van der Waals surface area contributed by atoms with E-state index in [2.05, 4.69) is 19.9 Å². The maximum atomic E-state index is 11.4. The smallest absolute Gasteiger partial charge is 0.328 e. The minimum absolute atomic E-state index is 0.315. The Morgan fingerprint density at radius 1 is 1.67 bits per heavy atom. The lowest BCUT2D eigenvalue weighted by Crippen LogP contribution is -2.24. The minimum Gasteiger partial charge on any atom is -0.465 e. The number of esters is 1. The van der Waals surface area contributed by atoms with Gasteiger partial charge in [-0.3, -0.25) is 4.79 Å². The fourth-order valence-corrected chi connectivity index (χ4v) is 1.95. The summed E-state index contributed by atoms with van der Waals surface area (Å²) in [5.74, 6) is -0.315. The highest BCUT2D eigenvalue weighted by molar-refractivity contribution is 6.32. The molecule has 0 amide bonds. The molecule has 3 heteroatoms. The average molecular weight is 231 g/mol. The molecule has 0 aromatic heterocycles. The molecular weight excluding hydrogens is 212 g/mol. The van der Waals surface area contributed by atoms with E-state index >= 15 is 0 Å². The zero-order chi connectivity index (χ0) is 11.5. The van der Waals surface area contributed by atoms with Gasteiger partial charge in [0.2, 0.25) is 0 Å². The number of ether oxygens (including phenoxy) is 1. The van der Waals surface area contributed by atoms with E-state index in [1.165, 1.54) is 0 Å². The summed E-state index contributed by atoms with van der Waals surface area (Å²) in [6.07, 6.45) is 5.07. The van der Waals surface area contributed by atoms with Crippen LogP contribution in [0.15, 0.2) is 11.6 Å². The molecule has 0 aromatic rings. The Bertz CT molecular complexity index is 269. The maximum Gasteiger partial charge on any atom is 0.328 e. The molecule has 0 heterocycles. The van der Waals surface area contributed by atoms with E-state index in [4.69, 9.17) is 16.3 Å². The molecule has 0 bridgehead atoms. The molecular formula is C12H19ClO2. The van der Waals surface area contributed by atoms with E-state index in [0.29, 0.717) is 12.0 Å². The Labute approximate surface area is 96.6 Å². The summed E-state index contributed by atoms with van der Waals surface area (Å²) < 4.78 is 4.90. The van der Waals surface area contributed by atoms with E-state index in [9.17, 15) is 4.79 Å². The Kier molecular flexibility index (Phi) is 4.21. The fraction of sp³-hybridized carbons (Fsp3) is 0.750. The number of hydrogen-bond donors (Lipinski definition) is 0. The van der Waals surface area contributed by atoms with Crippen LogP contribution in [0.5, 0.6) is 0 Å². The fourth-order valence-electron chi connectivity index (χ4n) is 1.69. The first-order valence-corrected chi connectivity index (χ1v) is 5.89. The van der Waals surface area contributed by atoms with Crippen LogP contribution < -0.4 is 0 Å². The van der Waals surface area contributed by atoms with Crippen LogP contribution in [-0.2, 0) is 9.53 Å². The summed E-state index contributed by atoms with van der Waals surface area (Å²) in [7, 11) is 0. The van der Waals surface area contributed by atoms with Crippen molar-refractivity contribution < 1.29 is 9.53 Å². The van der Waals surface area contributed by atoms with Crippen molar-refractivity contribution in [2.75, 3.05) is 6.61 Å². The van der Waals surface area contributed by atoms with E-state index < -0.39 is 5.38 Å². The zero-order valence-corrected chi connectivity index (χ0v) is 10.4. The maximum absolute atomic E-state index is 11.4. The van der Waals surface area contributed by atoms with Crippen molar-refractivity contribution in [2.24, 2.45) is 5.41 Å². The average Bonchev–Trinajstić information content (AvgIpc) is 2.17. The van der Waals surface area contributed by atoms with Crippen molar-refractivity contribution in [3.8, 4) is 0 Å². The predicted octanol–water partition coefficient (Wildman–Crippen LogP) is 3.29. The highest BCUT2D eigenvalue weighted by atomic mass is 35.5. The first-order chi connectivity index (χ1) is 6.96. The van der Waals surface area contributed by atoms with Gasteiger partial charge in [0.15, 0.2) is 5.38 Å². The molecule has 15 heavy (non-hydrogen) atoms. The van der Waals surface area contributed by atoms with Gasteiger partial charge < -0.3 is 4.74 Å². The first kappa shape index (κ1) is 12.6. The summed E-state index contributed by atoms with van der Waals surface area (Å²) in [4.78, 5) is 11.4. The Hall–Kier alpha value is -0.500. The first-order valence-electron chi connectivity index (χ1n) is 5.46. The van der Waals surface area contributed by atoms with Gasteiger partial charge in [-0.25, -0.2) is 0 Å². The SMILES string of the molecule is CCOC(=O)C(Cl)C1=CCC(C)(C)CC1. The van der Waals surface area contributed by atoms with Crippen LogP contribution >= 0.6 is 11.6 Å². The molecule has 0 N–H and O–H groups in total. The summed E-state index contributed by atoms with van der Waals surface area (Å²) >= 11 is 6.04.